The molecule has 2 amide bonds. The summed E-state index contributed by atoms with van der Waals surface area (Å²) in [6.07, 6.45) is 1.65. The van der Waals surface area contributed by atoms with Crippen LogP contribution in [0.2, 0.25) is 10.0 Å². The van der Waals surface area contributed by atoms with E-state index >= 15 is 0 Å². The zero-order valence-corrected chi connectivity index (χ0v) is 20.2. The van der Waals surface area contributed by atoms with Gasteiger partial charge in [0.1, 0.15) is 12.4 Å². The Labute approximate surface area is 203 Å². The first-order valence-corrected chi connectivity index (χ1v) is 11.4. The monoisotopic (exact) mass is 488 g/mol. The molecule has 9 heteroatoms. The summed E-state index contributed by atoms with van der Waals surface area (Å²) in [5.41, 5.74) is 1.87. The summed E-state index contributed by atoms with van der Waals surface area (Å²) in [6, 6.07) is 12.0. The number of hydrogen-bond donors (Lipinski definition) is 2. The summed E-state index contributed by atoms with van der Waals surface area (Å²) in [4.78, 5) is 25.3. The van der Waals surface area contributed by atoms with E-state index in [0.717, 1.165) is 5.56 Å². The van der Waals surface area contributed by atoms with Crippen LogP contribution in [0.5, 0.6) is 5.75 Å². The molecule has 2 aromatic carbocycles. The van der Waals surface area contributed by atoms with E-state index in [0.29, 0.717) is 46.1 Å². The van der Waals surface area contributed by atoms with Crippen LogP contribution in [-0.2, 0) is 13.2 Å². The number of carbonyl (C=O) groups is 2. The third-order valence-electron chi connectivity index (χ3n) is 4.72. The lowest BCUT2D eigenvalue weighted by Crippen LogP contribution is -2.28. The van der Waals surface area contributed by atoms with E-state index in [1.165, 1.54) is 0 Å². The fourth-order valence-electron chi connectivity index (χ4n) is 2.92. The van der Waals surface area contributed by atoms with Crippen molar-refractivity contribution in [3.63, 3.8) is 0 Å². The first-order chi connectivity index (χ1) is 15.8. The molecule has 0 aliphatic rings. The van der Waals surface area contributed by atoms with E-state index in [-0.39, 0.29) is 24.1 Å². The van der Waals surface area contributed by atoms with E-state index in [9.17, 15) is 9.59 Å². The first-order valence-electron chi connectivity index (χ1n) is 10.6. The highest BCUT2D eigenvalue weighted by molar-refractivity contribution is 6.35. The summed E-state index contributed by atoms with van der Waals surface area (Å²) in [6.45, 7) is 7.31. The highest BCUT2D eigenvalue weighted by atomic mass is 35.5. The number of ether oxygens (including phenoxy) is 1. The zero-order valence-electron chi connectivity index (χ0n) is 18.7. The van der Waals surface area contributed by atoms with Crippen molar-refractivity contribution in [1.82, 2.24) is 15.1 Å². The van der Waals surface area contributed by atoms with Gasteiger partial charge in [-0.3, -0.25) is 14.3 Å². The molecule has 1 aromatic heterocycles. The fourth-order valence-corrected chi connectivity index (χ4v) is 3.39. The van der Waals surface area contributed by atoms with Crippen LogP contribution in [0.1, 0.15) is 47.2 Å². The normalized spacial score (nSPS) is 10.8. The van der Waals surface area contributed by atoms with Crippen molar-refractivity contribution < 1.29 is 14.3 Å². The lowest BCUT2D eigenvalue weighted by atomic mass is 10.1. The molecule has 0 bridgehead atoms. The van der Waals surface area contributed by atoms with Gasteiger partial charge in [-0.15, -0.1) is 0 Å². The average Bonchev–Trinajstić information content (AvgIpc) is 3.20. The summed E-state index contributed by atoms with van der Waals surface area (Å²) < 4.78 is 7.34. The molecule has 0 saturated carbocycles. The maximum absolute atomic E-state index is 12.8. The topological polar surface area (TPSA) is 85.2 Å². The molecular formula is C24H26Cl2N4O3. The van der Waals surface area contributed by atoms with Gasteiger partial charge in [0.15, 0.2) is 5.69 Å². The Morgan fingerprint density at radius 2 is 1.82 bits per heavy atom. The second-order valence-corrected chi connectivity index (χ2v) is 8.71. The van der Waals surface area contributed by atoms with Gasteiger partial charge in [-0.1, -0.05) is 49.2 Å². The lowest BCUT2D eigenvalue weighted by Gasteiger charge is -2.10. The summed E-state index contributed by atoms with van der Waals surface area (Å²) in [5.74, 6) is 0.175. The first kappa shape index (κ1) is 24.6. The molecule has 33 heavy (non-hydrogen) atoms. The van der Waals surface area contributed by atoms with Crippen LogP contribution in [0, 0.1) is 5.92 Å². The molecule has 0 fully saturated rings. The number of nitrogens with one attached hydrogen (secondary N) is 2. The van der Waals surface area contributed by atoms with E-state index in [4.69, 9.17) is 27.9 Å². The van der Waals surface area contributed by atoms with Crippen LogP contribution in [0.3, 0.4) is 0 Å². The molecule has 174 valence electrons. The minimum atomic E-state index is -0.336. The lowest BCUT2D eigenvalue weighted by molar-refractivity contribution is 0.0944. The van der Waals surface area contributed by atoms with Gasteiger partial charge in [0, 0.05) is 29.9 Å². The molecule has 3 rings (SSSR count). The SMILES string of the molecule is CCn1cc(NC(=O)c2ccc(COc3ccc(Cl)cc3Cl)cc2)c(C(=O)NCC(C)C)n1. The number of nitrogens with zero attached hydrogens (tertiary/aromatic N) is 2. The summed E-state index contributed by atoms with van der Waals surface area (Å²) in [7, 11) is 0. The molecule has 0 spiro atoms. The van der Waals surface area contributed by atoms with Crippen LogP contribution in [0.25, 0.3) is 0 Å². The van der Waals surface area contributed by atoms with E-state index in [1.54, 1.807) is 53.3 Å². The van der Waals surface area contributed by atoms with Gasteiger partial charge in [-0.2, -0.15) is 5.10 Å². The standard InChI is InChI=1S/C24H26Cl2N4O3/c1-4-30-13-20(22(29-30)24(32)27-12-15(2)3)28-23(31)17-7-5-16(6-8-17)14-33-21-10-9-18(25)11-19(21)26/h5-11,13,15H,4,12,14H2,1-3H3,(H,27,32)(H,28,31). The van der Waals surface area contributed by atoms with Gasteiger partial charge in [0.2, 0.25) is 0 Å². The van der Waals surface area contributed by atoms with Crippen molar-refractivity contribution in [2.45, 2.75) is 33.9 Å². The van der Waals surface area contributed by atoms with Crippen molar-refractivity contribution in [2.24, 2.45) is 5.92 Å². The van der Waals surface area contributed by atoms with Gasteiger partial charge in [-0.05, 0) is 48.7 Å². The predicted molar refractivity (Wildman–Crippen MR) is 130 cm³/mol. The maximum Gasteiger partial charge on any atom is 0.273 e. The second kappa shape index (κ2) is 11.2. The molecule has 0 saturated heterocycles. The molecule has 1 heterocycles. The van der Waals surface area contributed by atoms with E-state index < -0.39 is 0 Å². The van der Waals surface area contributed by atoms with Crippen LogP contribution in [-0.4, -0.2) is 28.1 Å². The molecule has 0 atom stereocenters. The van der Waals surface area contributed by atoms with E-state index in [2.05, 4.69) is 15.7 Å². The van der Waals surface area contributed by atoms with Crippen molar-refractivity contribution in [2.75, 3.05) is 11.9 Å². The van der Waals surface area contributed by atoms with Gasteiger partial charge in [0.25, 0.3) is 11.8 Å². The number of anilines is 1. The van der Waals surface area contributed by atoms with Gasteiger partial charge < -0.3 is 15.4 Å². The molecule has 0 aliphatic carbocycles. The Kier molecular flexibility index (Phi) is 8.36. The van der Waals surface area contributed by atoms with Crippen LogP contribution < -0.4 is 15.4 Å². The maximum atomic E-state index is 12.8. The Bertz CT molecular complexity index is 1130. The van der Waals surface area contributed by atoms with Gasteiger partial charge >= 0.3 is 0 Å². The minimum absolute atomic E-state index is 0.190. The predicted octanol–water partition coefficient (Wildman–Crippen LogP) is 5.43. The van der Waals surface area contributed by atoms with Crippen molar-refractivity contribution in [3.8, 4) is 5.75 Å². The highest BCUT2D eigenvalue weighted by Gasteiger charge is 2.19. The van der Waals surface area contributed by atoms with Crippen molar-refractivity contribution >= 4 is 40.7 Å². The second-order valence-electron chi connectivity index (χ2n) is 7.87. The summed E-state index contributed by atoms with van der Waals surface area (Å²) in [5, 5.41) is 10.9. The number of carbonyl (C=O) groups excluding carboxylic acids is 2. The number of halogens is 2. The average molecular weight is 489 g/mol. The Morgan fingerprint density at radius 3 is 2.45 bits per heavy atom. The van der Waals surface area contributed by atoms with Crippen LogP contribution in [0.4, 0.5) is 5.69 Å². The van der Waals surface area contributed by atoms with E-state index in [1.807, 2.05) is 20.8 Å². The molecule has 0 aliphatic heterocycles. The van der Waals surface area contributed by atoms with Crippen molar-refractivity contribution in [3.05, 3.63) is 75.5 Å². The largest absolute Gasteiger partial charge is 0.487 e. The summed E-state index contributed by atoms with van der Waals surface area (Å²) >= 11 is 12.0. The molecule has 0 unspecified atom stereocenters. The number of aromatic nitrogens is 2. The third kappa shape index (κ3) is 6.73. The molecule has 3 aromatic rings. The number of hydrogen-bond acceptors (Lipinski definition) is 4. The fraction of sp³-hybridized carbons (Fsp3) is 0.292. The Balaban J connectivity index is 1.65. The smallest absolute Gasteiger partial charge is 0.273 e. The van der Waals surface area contributed by atoms with Crippen LogP contribution >= 0.6 is 23.2 Å². The third-order valence-corrected chi connectivity index (χ3v) is 5.25. The van der Waals surface area contributed by atoms with Crippen molar-refractivity contribution in [1.29, 1.82) is 0 Å². The zero-order chi connectivity index (χ0) is 24.0. The Morgan fingerprint density at radius 1 is 1.09 bits per heavy atom. The van der Waals surface area contributed by atoms with Gasteiger partial charge in [-0.25, -0.2) is 0 Å². The number of aryl methyl sites for hydroxylation is 1. The van der Waals surface area contributed by atoms with Gasteiger partial charge in [0.05, 0.1) is 10.7 Å². The van der Waals surface area contributed by atoms with Crippen LogP contribution in [0.15, 0.2) is 48.7 Å². The molecule has 7 nitrogen and oxygen atoms in total. The number of amides is 2. The molecule has 2 N–H and O–H groups in total. The number of benzene rings is 2. The number of rotatable bonds is 9. The Hall–Kier alpha value is -3.03. The molecular weight excluding hydrogens is 463 g/mol. The quantitative estimate of drug-likeness (QED) is 0.420. The highest BCUT2D eigenvalue weighted by Crippen LogP contribution is 2.28. The minimum Gasteiger partial charge on any atom is -0.487 e. The molecule has 0 radical (unpaired) electrons.